The van der Waals surface area contributed by atoms with Gasteiger partial charge >= 0.3 is 0 Å². The molecule has 1 unspecified atom stereocenters. The maximum absolute atomic E-state index is 4.00. The van der Waals surface area contributed by atoms with E-state index in [2.05, 4.69) is 49.7 Å². The highest BCUT2D eigenvalue weighted by molar-refractivity contribution is 5.33. The molecule has 19 heavy (non-hydrogen) atoms. The van der Waals surface area contributed by atoms with Gasteiger partial charge in [0, 0.05) is 31.9 Å². The van der Waals surface area contributed by atoms with Crippen LogP contribution in [-0.2, 0) is 0 Å². The fraction of sp³-hybridized carbons (Fsp3) is 0.647. The summed E-state index contributed by atoms with van der Waals surface area (Å²) in [5.74, 6) is 0.592. The lowest BCUT2D eigenvalue weighted by Gasteiger charge is -2.32. The van der Waals surface area contributed by atoms with Gasteiger partial charge in [-0.15, -0.1) is 0 Å². The summed E-state index contributed by atoms with van der Waals surface area (Å²) < 4.78 is 0. The van der Waals surface area contributed by atoms with Crippen molar-refractivity contribution >= 4 is 0 Å². The number of piperazine rings is 1. The van der Waals surface area contributed by atoms with E-state index >= 15 is 0 Å². The van der Waals surface area contributed by atoms with E-state index in [1.54, 1.807) is 0 Å². The zero-order valence-corrected chi connectivity index (χ0v) is 13.5. The molecule has 0 aromatic heterocycles. The van der Waals surface area contributed by atoms with Crippen molar-refractivity contribution < 1.29 is 0 Å². The first-order valence-corrected chi connectivity index (χ1v) is 7.69. The van der Waals surface area contributed by atoms with E-state index < -0.39 is 0 Å². The van der Waals surface area contributed by atoms with Gasteiger partial charge in [0.1, 0.15) is 0 Å². The summed E-state index contributed by atoms with van der Waals surface area (Å²) in [7, 11) is 0. The van der Waals surface area contributed by atoms with Crippen molar-refractivity contribution in [2.75, 3.05) is 26.2 Å². The topological polar surface area (TPSA) is 15.3 Å². The highest BCUT2D eigenvalue weighted by atomic mass is 15.2. The van der Waals surface area contributed by atoms with Crippen molar-refractivity contribution in [3.63, 3.8) is 0 Å². The van der Waals surface area contributed by atoms with Gasteiger partial charge < -0.3 is 10.2 Å². The van der Waals surface area contributed by atoms with E-state index in [1.807, 2.05) is 19.9 Å². The first kappa shape index (κ1) is 18.0. The van der Waals surface area contributed by atoms with Gasteiger partial charge in [-0.25, -0.2) is 0 Å². The summed E-state index contributed by atoms with van der Waals surface area (Å²) in [6.45, 7) is 18.9. The smallest absolute Gasteiger partial charge is 0.0396 e. The minimum atomic E-state index is 0.592. The summed E-state index contributed by atoms with van der Waals surface area (Å²) in [6.07, 6.45) is 7.57. The summed E-state index contributed by atoms with van der Waals surface area (Å²) in [5.41, 5.74) is 2.74. The van der Waals surface area contributed by atoms with Crippen LogP contribution in [0.25, 0.3) is 0 Å². The predicted octanol–water partition coefficient (Wildman–Crippen LogP) is 3.98. The van der Waals surface area contributed by atoms with Crippen LogP contribution < -0.4 is 5.32 Å². The van der Waals surface area contributed by atoms with E-state index in [0.29, 0.717) is 5.92 Å². The molecule has 0 radical (unpaired) electrons. The molecule has 0 saturated carbocycles. The van der Waals surface area contributed by atoms with Crippen LogP contribution in [0.3, 0.4) is 0 Å². The normalized spacial score (nSPS) is 18.5. The lowest BCUT2D eigenvalue weighted by Crippen LogP contribution is -2.43. The van der Waals surface area contributed by atoms with Gasteiger partial charge in [-0.1, -0.05) is 46.4 Å². The molecule has 1 N–H and O–H groups in total. The van der Waals surface area contributed by atoms with Crippen LogP contribution >= 0.6 is 0 Å². The van der Waals surface area contributed by atoms with Crippen molar-refractivity contribution in [1.29, 1.82) is 0 Å². The molecule has 0 amide bonds. The molecule has 1 aliphatic rings. The fourth-order valence-corrected chi connectivity index (χ4v) is 2.24. The Morgan fingerprint density at radius 3 is 2.32 bits per heavy atom. The monoisotopic (exact) mass is 264 g/mol. The molecule has 1 aliphatic heterocycles. The predicted molar refractivity (Wildman–Crippen MR) is 87.3 cm³/mol. The molecule has 1 rings (SSSR count). The highest BCUT2D eigenvalue weighted by Gasteiger charge is 2.16. The third-order valence-electron chi connectivity index (χ3n) is 3.44. The second-order valence-corrected chi connectivity index (χ2v) is 4.59. The van der Waals surface area contributed by atoms with Gasteiger partial charge in [-0.2, -0.15) is 0 Å². The first-order valence-electron chi connectivity index (χ1n) is 7.69. The van der Waals surface area contributed by atoms with Crippen LogP contribution in [0.15, 0.2) is 36.1 Å². The van der Waals surface area contributed by atoms with Crippen molar-refractivity contribution in [1.82, 2.24) is 10.2 Å². The van der Waals surface area contributed by atoms with Crippen molar-refractivity contribution in [2.24, 2.45) is 5.92 Å². The average Bonchev–Trinajstić information content (AvgIpc) is 2.49. The third kappa shape index (κ3) is 5.65. The second-order valence-electron chi connectivity index (χ2n) is 4.59. The van der Waals surface area contributed by atoms with Crippen molar-refractivity contribution in [3.05, 3.63) is 36.1 Å². The summed E-state index contributed by atoms with van der Waals surface area (Å²) in [5, 5.41) is 3.39. The maximum atomic E-state index is 4.00. The first-order chi connectivity index (χ1) is 9.24. The molecule has 1 heterocycles. The average molecular weight is 264 g/mol. The number of nitrogens with one attached hydrogen (secondary N) is 1. The van der Waals surface area contributed by atoms with E-state index in [0.717, 1.165) is 26.2 Å². The molecule has 110 valence electrons. The number of allylic oxidation sites excluding steroid dienone is 4. The molecule has 0 aromatic rings. The molecule has 2 heteroatoms. The quantitative estimate of drug-likeness (QED) is 0.756. The third-order valence-corrected chi connectivity index (χ3v) is 3.44. The molecule has 2 nitrogen and oxygen atoms in total. The van der Waals surface area contributed by atoms with E-state index in [1.165, 1.54) is 17.7 Å². The minimum absolute atomic E-state index is 0.592. The largest absolute Gasteiger partial charge is 0.369 e. The summed E-state index contributed by atoms with van der Waals surface area (Å²) >= 11 is 0. The van der Waals surface area contributed by atoms with E-state index in [9.17, 15) is 0 Å². The molecule has 0 spiro atoms. The SMILES string of the molecule is C=C/C(=C(\C=C/C)C(C)CC)N1CCNCC1.CC. The summed E-state index contributed by atoms with van der Waals surface area (Å²) in [6, 6.07) is 0. The minimum Gasteiger partial charge on any atom is -0.369 e. The van der Waals surface area contributed by atoms with Gasteiger partial charge in [0.15, 0.2) is 0 Å². The molecule has 1 fully saturated rings. The molecular weight excluding hydrogens is 232 g/mol. The molecule has 1 atom stereocenters. The van der Waals surface area contributed by atoms with E-state index in [4.69, 9.17) is 0 Å². The van der Waals surface area contributed by atoms with Gasteiger partial charge in [-0.05, 0) is 30.9 Å². The Labute approximate surface area is 120 Å². The zero-order chi connectivity index (χ0) is 14.7. The Kier molecular flexibility index (Phi) is 10.3. The van der Waals surface area contributed by atoms with Crippen LogP contribution in [0.1, 0.15) is 41.0 Å². The lowest BCUT2D eigenvalue weighted by atomic mass is 9.95. The molecular formula is C17H32N2. The number of nitrogens with zero attached hydrogens (tertiary/aromatic N) is 1. The molecule has 1 saturated heterocycles. The van der Waals surface area contributed by atoms with Crippen LogP contribution in [0.2, 0.25) is 0 Å². The van der Waals surface area contributed by atoms with E-state index in [-0.39, 0.29) is 0 Å². The maximum Gasteiger partial charge on any atom is 0.0396 e. The Morgan fingerprint density at radius 2 is 1.89 bits per heavy atom. The standard InChI is InChI=1S/C15H26N2.C2H6/c1-5-8-14(13(4)6-2)15(7-3)17-11-9-16-10-12-17;1-2/h5,7-8,13,16H,3,6,9-12H2,1-2,4H3;1-2H3/b8-5-,15-14-;. The van der Waals surface area contributed by atoms with Crippen LogP contribution in [-0.4, -0.2) is 31.1 Å². The fourth-order valence-electron chi connectivity index (χ4n) is 2.24. The summed E-state index contributed by atoms with van der Waals surface area (Å²) in [4.78, 5) is 2.45. The van der Waals surface area contributed by atoms with Crippen LogP contribution in [0.4, 0.5) is 0 Å². The van der Waals surface area contributed by atoms with Gasteiger partial charge in [0.25, 0.3) is 0 Å². The number of hydrogen-bond acceptors (Lipinski definition) is 2. The van der Waals surface area contributed by atoms with Crippen molar-refractivity contribution in [2.45, 2.75) is 41.0 Å². The number of rotatable bonds is 5. The Morgan fingerprint density at radius 1 is 1.32 bits per heavy atom. The van der Waals surface area contributed by atoms with Crippen LogP contribution in [0.5, 0.6) is 0 Å². The highest BCUT2D eigenvalue weighted by Crippen LogP contribution is 2.23. The van der Waals surface area contributed by atoms with Gasteiger partial charge in [0.05, 0.1) is 0 Å². The molecule has 0 aliphatic carbocycles. The second kappa shape index (κ2) is 10.9. The Hall–Kier alpha value is -1.02. The lowest BCUT2D eigenvalue weighted by molar-refractivity contribution is 0.303. The molecule has 0 bridgehead atoms. The Bertz CT molecular complexity index is 296. The molecule has 0 aromatic carbocycles. The Balaban J connectivity index is 0.00000154. The van der Waals surface area contributed by atoms with Gasteiger partial charge in [0.2, 0.25) is 0 Å². The van der Waals surface area contributed by atoms with Gasteiger partial charge in [-0.3, -0.25) is 0 Å². The van der Waals surface area contributed by atoms with Crippen molar-refractivity contribution in [3.8, 4) is 0 Å². The zero-order valence-electron chi connectivity index (χ0n) is 13.5. The van der Waals surface area contributed by atoms with Crippen LogP contribution in [0, 0.1) is 5.92 Å². The number of hydrogen-bond donors (Lipinski definition) is 1.